The number of benzene rings is 1. The fourth-order valence-electron chi connectivity index (χ4n) is 2.42. The lowest BCUT2D eigenvalue weighted by molar-refractivity contribution is 0.0940. The van der Waals surface area contributed by atoms with Crippen LogP contribution >= 0.6 is 11.3 Å². The number of urea groups is 1. The van der Waals surface area contributed by atoms with Gasteiger partial charge in [0.25, 0.3) is 5.91 Å². The molecule has 0 bridgehead atoms. The number of hydrogen-bond donors (Lipinski definition) is 2. The Morgan fingerprint density at radius 3 is 2.91 bits per heavy atom. The molecule has 1 fully saturated rings. The Balaban J connectivity index is 1.74. The van der Waals surface area contributed by atoms with Crippen molar-refractivity contribution < 1.29 is 9.59 Å². The van der Waals surface area contributed by atoms with Gasteiger partial charge in [0.15, 0.2) is 0 Å². The van der Waals surface area contributed by atoms with Gasteiger partial charge in [0.1, 0.15) is 0 Å². The van der Waals surface area contributed by atoms with Gasteiger partial charge in [-0.25, -0.2) is 4.79 Å². The molecular weight excluding hydrogens is 298 g/mol. The minimum Gasteiger partial charge on any atom is -0.345 e. The Hall–Kier alpha value is -2.34. The maximum atomic E-state index is 12.4. The molecule has 114 valence electrons. The van der Waals surface area contributed by atoms with Gasteiger partial charge in [-0.3, -0.25) is 9.69 Å². The lowest BCUT2D eigenvalue weighted by atomic mass is 10.1. The Morgan fingerprint density at radius 2 is 2.23 bits per heavy atom. The van der Waals surface area contributed by atoms with Crippen LogP contribution in [-0.2, 0) is 0 Å². The van der Waals surface area contributed by atoms with Crippen LogP contribution in [0.15, 0.2) is 41.8 Å². The van der Waals surface area contributed by atoms with E-state index in [0.29, 0.717) is 18.7 Å². The second-order valence-corrected chi connectivity index (χ2v) is 6.12. The third-order valence-corrected chi connectivity index (χ3v) is 4.65. The van der Waals surface area contributed by atoms with Gasteiger partial charge in [0.2, 0.25) is 0 Å². The molecule has 3 rings (SSSR count). The van der Waals surface area contributed by atoms with Gasteiger partial charge < -0.3 is 10.6 Å². The second-order valence-electron chi connectivity index (χ2n) is 5.14. The van der Waals surface area contributed by atoms with Crippen LogP contribution in [-0.4, -0.2) is 25.0 Å². The molecular formula is C16H17N3O2S. The Bertz CT molecular complexity index is 684. The SMILES string of the molecule is C[C@H](NC(=O)c1cccc(N2CCNC2=O)c1)c1cccs1. The van der Waals surface area contributed by atoms with E-state index in [1.807, 2.05) is 30.5 Å². The molecule has 0 spiro atoms. The van der Waals surface area contributed by atoms with Crippen molar-refractivity contribution in [3.63, 3.8) is 0 Å². The first-order valence-electron chi connectivity index (χ1n) is 7.15. The van der Waals surface area contributed by atoms with Gasteiger partial charge in [-0.15, -0.1) is 11.3 Å². The van der Waals surface area contributed by atoms with E-state index in [2.05, 4.69) is 10.6 Å². The molecule has 1 atom stereocenters. The summed E-state index contributed by atoms with van der Waals surface area (Å²) in [6.07, 6.45) is 0. The van der Waals surface area contributed by atoms with E-state index >= 15 is 0 Å². The molecule has 3 amide bonds. The number of thiophene rings is 1. The molecule has 0 aliphatic carbocycles. The fraction of sp³-hybridized carbons (Fsp3) is 0.250. The largest absolute Gasteiger partial charge is 0.345 e. The summed E-state index contributed by atoms with van der Waals surface area (Å²) in [6, 6.07) is 11.0. The highest BCUT2D eigenvalue weighted by molar-refractivity contribution is 7.10. The highest BCUT2D eigenvalue weighted by atomic mass is 32.1. The highest BCUT2D eigenvalue weighted by Gasteiger charge is 2.22. The maximum absolute atomic E-state index is 12.4. The molecule has 1 saturated heterocycles. The first kappa shape index (κ1) is 14.6. The average molecular weight is 315 g/mol. The molecule has 2 aromatic rings. The molecule has 5 nitrogen and oxygen atoms in total. The summed E-state index contributed by atoms with van der Waals surface area (Å²) < 4.78 is 0. The third kappa shape index (κ3) is 2.96. The molecule has 1 aromatic carbocycles. The predicted molar refractivity (Wildman–Crippen MR) is 87.4 cm³/mol. The van der Waals surface area contributed by atoms with E-state index < -0.39 is 0 Å². The van der Waals surface area contributed by atoms with E-state index in [4.69, 9.17) is 0 Å². The smallest absolute Gasteiger partial charge is 0.321 e. The maximum Gasteiger partial charge on any atom is 0.321 e. The third-order valence-electron chi connectivity index (χ3n) is 3.59. The number of carbonyl (C=O) groups is 2. The van der Waals surface area contributed by atoms with E-state index in [1.54, 1.807) is 34.4 Å². The van der Waals surface area contributed by atoms with Crippen LogP contribution in [0.1, 0.15) is 28.2 Å². The van der Waals surface area contributed by atoms with Crippen LogP contribution in [0.25, 0.3) is 0 Å². The molecule has 2 N–H and O–H groups in total. The minimum absolute atomic E-state index is 0.0359. The normalized spacial score (nSPS) is 15.5. The Morgan fingerprint density at radius 1 is 1.36 bits per heavy atom. The van der Waals surface area contributed by atoms with Crippen LogP contribution in [0.5, 0.6) is 0 Å². The van der Waals surface area contributed by atoms with Gasteiger partial charge in [-0.05, 0) is 36.6 Å². The molecule has 1 aliphatic rings. The number of anilines is 1. The van der Waals surface area contributed by atoms with Crippen LogP contribution in [0.3, 0.4) is 0 Å². The summed E-state index contributed by atoms with van der Waals surface area (Å²) in [5.74, 6) is -0.137. The zero-order chi connectivity index (χ0) is 15.5. The van der Waals surface area contributed by atoms with Crippen LogP contribution in [0.4, 0.5) is 10.5 Å². The molecule has 0 radical (unpaired) electrons. The van der Waals surface area contributed by atoms with Crippen LogP contribution in [0.2, 0.25) is 0 Å². The number of hydrogen-bond acceptors (Lipinski definition) is 3. The van der Waals surface area contributed by atoms with Crippen molar-refractivity contribution in [2.45, 2.75) is 13.0 Å². The summed E-state index contributed by atoms with van der Waals surface area (Å²) in [7, 11) is 0. The monoisotopic (exact) mass is 315 g/mol. The summed E-state index contributed by atoms with van der Waals surface area (Å²) in [5, 5.41) is 7.73. The number of amides is 3. The molecule has 22 heavy (non-hydrogen) atoms. The van der Waals surface area contributed by atoms with E-state index in [9.17, 15) is 9.59 Å². The van der Waals surface area contributed by atoms with Crippen LogP contribution in [0, 0.1) is 0 Å². The molecule has 1 aliphatic heterocycles. The van der Waals surface area contributed by atoms with Crippen molar-refractivity contribution in [2.24, 2.45) is 0 Å². The summed E-state index contributed by atoms with van der Waals surface area (Å²) in [6.45, 7) is 3.21. The quantitative estimate of drug-likeness (QED) is 0.911. The predicted octanol–water partition coefficient (Wildman–Crippen LogP) is 2.77. The zero-order valence-electron chi connectivity index (χ0n) is 12.2. The Kier molecular flexibility index (Phi) is 4.11. The van der Waals surface area contributed by atoms with Crippen molar-refractivity contribution in [2.75, 3.05) is 18.0 Å². The first-order chi connectivity index (χ1) is 10.6. The average Bonchev–Trinajstić information content (AvgIpc) is 3.18. The number of nitrogens with one attached hydrogen (secondary N) is 2. The molecule has 0 saturated carbocycles. The van der Waals surface area contributed by atoms with Gasteiger partial charge in [0.05, 0.1) is 6.04 Å². The fourth-order valence-corrected chi connectivity index (χ4v) is 3.16. The highest BCUT2D eigenvalue weighted by Crippen LogP contribution is 2.21. The molecule has 1 aromatic heterocycles. The summed E-state index contributed by atoms with van der Waals surface area (Å²) >= 11 is 1.62. The number of rotatable bonds is 4. The molecule has 2 heterocycles. The zero-order valence-corrected chi connectivity index (χ0v) is 13.0. The van der Waals surface area contributed by atoms with Gasteiger partial charge in [0, 0.05) is 29.2 Å². The Labute approximate surface area is 132 Å². The van der Waals surface area contributed by atoms with Gasteiger partial charge >= 0.3 is 6.03 Å². The molecule has 6 heteroatoms. The second kappa shape index (κ2) is 6.19. The van der Waals surface area contributed by atoms with Crippen molar-refractivity contribution >= 4 is 29.0 Å². The minimum atomic E-state index is -0.137. The van der Waals surface area contributed by atoms with E-state index in [1.165, 1.54) is 0 Å². The lowest BCUT2D eigenvalue weighted by Gasteiger charge is -2.16. The van der Waals surface area contributed by atoms with Gasteiger partial charge in [-0.2, -0.15) is 0 Å². The van der Waals surface area contributed by atoms with E-state index in [-0.39, 0.29) is 18.0 Å². The topological polar surface area (TPSA) is 61.4 Å². The standard InChI is InChI=1S/C16H17N3O2S/c1-11(14-6-3-9-22-14)18-15(20)12-4-2-5-13(10-12)19-8-7-17-16(19)21/h2-6,9-11H,7-8H2,1H3,(H,17,21)(H,18,20)/t11-/m0/s1. The number of carbonyl (C=O) groups excluding carboxylic acids is 2. The molecule has 0 unspecified atom stereocenters. The lowest BCUT2D eigenvalue weighted by Crippen LogP contribution is -2.29. The van der Waals surface area contributed by atoms with Crippen LogP contribution < -0.4 is 15.5 Å². The first-order valence-corrected chi connectivity index (χ1v) is 8.03. The van der Waals surface area contributed by atoms with Crippen molar-refractivity contribution in [3.8, 4) is 0 Å². The van der Waals surface area contributed by atoms with Gasteiger partial charge in [-0.1, -0.05) is 12.1 Å². The number of nitrogens with zero attached hydrogens (tertiary/aromatic N) is 1. The van der Waals surface area contributed by atoms with Crippen molar-refractivity contribution in [1.82, 2.24) is 10.6 Å². The summed E-state index contributed by atoms with van der Waals surface area (Å²) in [5.41, 5.74) is 1.30. The van der Waals surface area contributed by atoms with Crippen molar-refractivity contribution in [3.05, 3.63) is 52.2 Å². The van der Waals surface area contributed by atoms with E-state index in [0.717, 1.165) is 10.6 Å². The van der Waals surface area contributed by atoms with Crippen molar-refractivity contribution in [1.29, 1.82) is 0 Å². The summed E-state index contributed by atoms with van der Waals surface area (Å²) in [4.78, 5) is 26.8.